The van der Waals surface area contributed by atoms with Gasteiger partial charge < -0.3 is 25.0 Å². The van der Waals surface area contributed by atoms with Gasteiger partial charge in [0.15, 0.2) is 0 Å². The van der Waals surface area contributed by atoms with Crippen molar-refractivity contribution in [2.75, 3.05) is 26.9 Å². The summed E-state index contributed by atoms with van der Waals surface area (Å²) in [6, 6.07) is 0.182. The van der Waals surface area contributed by atoms with Crippen LogP contribution in [0.25, 0.3) is 0 Å². The van der Waals surface area contributed by atoms with Crippen molar-refractivity contribution in [3.05, 3.63) is 0 Å². The molecule has 0 fully saturated rings. The van der Waals surface area contributed by atoms with Crippen LogP contribution in [0.1, 0.15) is 27.2 Å². The van der Waals surface area contributed by atoms with Crippen LogP contribution in [0.3, 0.4) is 0 Å². The second-order valence-corrected chi connectivity index (χ2v) is 4.65. The molecule has 0 aromatic carbocycles. The molecule has 5 nitrogen and oxygen atoms in total. The lowest BCUT2D eigenvalue weighted by atomic mass is 10.1. The first-order valence-electron chi connectivity index (χ1n) is 6.15. The first-order valence-corrected chi connectivity index (χ1v) is 6.15. The molecule has 0 rings (SSSR count). The summed E-state index contributed by atoms with van der Waals surface area (Å²) in [4.78, 5) is 0. The Morgan fingerprint density at radius 1 is 1.12 bits per heavy atom. The number of nitrogens with one attached hydrogen (secondary N) is 1. The van der Waals surface area contributed by atoms with Crippen LogP contribution in [-0.2, 0) is 9.47 Å². The highest BCUT2D eigenvalue weighted by atomic mass is 16.5. The van der Waals surface area contributed by atoms with E-state index in [0.29, 0.717) is 26.2 Å². The summed E-state index contributed by atoms with van der Waals surface area (Å²) in [6.45, 7) is 6.92. The minimum absolute atomic E-state index is 0.00969. The van der Waals surface area contributed by atoms with Crippen molar-refractivity contribution in [2.24, 2.45) is 0 Å². The Balaban J connectivity index is 3.55. The van der Waals surface area contributed by atoms with Crippen LogP contribution in [0.2, 0.25) is 0 Å². The van der Waals surface area contributed by atoms with E-state index in [0.717, 1.165) is 0 Å². The van der Waals surface area contributed by atoms with Gasteiger partial charge in [0.05, 0.1) is 31.5 Å². The lowest BCUT2D eigenvalue weighted by Crippen LogP contribution is -2.38. The summed E-state index contributed by atoms with van der Waals surface area (Å²) < 4.78 is 10.3. The average Bonchev–Trinajstić information content (AvgIpc) is 2.23. The van der Waals surface area contributed by atoms with Crippen LogP contribution in [0.15, 0.2) is 0 Å². The van der Waals surface area contributed by atoms with Crippen molar-refractivity contribution >= 4 is 0 Å². The van der Waals surface area contributed by atoms with Gasteiger partial charge in [0, 0.05) is 19.7 Å². The Bertz CT molecular complexity index is 178. The molecular formula is C12H27NO4. The molecule has 4 atom stereocenters. The fourth-order valence-electron chi connectivity index (χ4n) is 1.55. The largest absolute Gasteiger partial charge is 0.393 e. The number of aliphatic hydroxyl groups is 2. The molecule has 0 aliphatic carbocycles. The molecule has 0 spiro atoms. The molecule has 0 saturated carbocycles. The van der Waals surface area contributed by atoms with E-state index in [2.05, 4.69) is 5.32 Å². The topological polar surface area (TPSA) is 71.0 Å². The van der Waals surface area contributed by atoms with Gasteiger partial charge in [0.25, 0.3) is 0 Å². The number of ether oxygens (including phenoxy) is 2. The van der Waals surface area contributed by atoms with Gasteiger partial charge in [-0.3, -0.25) is 0 Å². The quantitative estimate of drug-likeness (QED) is 0.514. The van der Waals surface area contributed by atoms with Gasteiger partial charge in [-0.15, -0.1) is 0 Å². The Morgan fingerprint density at radius 2 is 1.76 bits per heavy atom. The molecule has 0 bridgehead atoms. The van der Waals surface area contributed by atoms with Crippen LogP contribution in [0, 0.1) is 0 Å². The molecule has 3 N–H and O–H groups in total. The lowest BCUT2D eigenvalue weighted by molar-refractivity contribution is -0.0317. The molecule has 0 aliphatic heterocycles. The van der Waals surface area contributed by atoms with E-state index in [4.69, 9.17) is 9.47 Å². The van der Waals surface area contributed by atoms with E-state index in [1.54, 1.807) is 14.0 Å². The highest BCUT2D eigenvalue weighted by molar-refractivity contribution is 4.67. The molecule has 0 aromatic heterocycles. The van der Waals surface area contributed by atoms with Crippen molar-refractivity contribution in [2.45, 2.75) is 51.5 Å². The SMILES string of the molecule is COCC(C)OCC(O)CNC(C)CC(C)O. The minimum atomic E-state index is -0.536. The summed E-state index contributed by atoms with van der Waals surface area (Å²) in [5.74, 6) is 0. The molecule has 5 heteroatoms. The fourth-order valence-corrected chi connectivity index (χ4v) is 1.55. The Kier molecular flexibility index (Phi) is 9.68. The first kappa shape index (κ1) is 16.8. The predicted octanol–water partition coefficient (Wildman–Crippen LogP) is 0.148. The van der Waals surface area contributed by atoms with Gasteiger partial charge in [-0.1, -0.05) is 0 Å². The molecule has 17 heavy (non-hydrogen) atoms. The van der Waals surface area contributed by atoms with Crippen LogP contribution in [0.5, 0.6) is 0 Å². The van der Waals surface area contributed by atoms with E-state index in [9.17, 15) is 10.2 Å². The lowest BCUT2D eigenvalue weighted by Gasteiger charge is -2.19. The van der Waals surface area contributed by atoms with E-state index in [-0.39, 0.29) is 18.2 Å². The van der Waals surface area contributed by atoms with Gasteiger partial charge in [0.2, 0.25) is 0 Å². The van der Waals surface area contributed by atoms with Crippen LogP contribution in [-0.4, -0.2) is 61.4 Å². The van der Waals surface area contributed by atoms with Crippen molar-refractivity contribution in [1.82, 2.24) is 5.32 Å². The van der Waals surface area contributed by atoms with E-state index in [1.807, 2.05) is 13.8 Å². The Morgan fingerprint density at radius 3 is 2.29 bits per heavy atom. The number of methoxy groups -OCH3 is 1. The molecule has 0 radical (unpaired) electrons. The maximum Gasteiger partial charge on any atom is 0.0897 e. The molecule has 0 aromatic rings. The van der Waals surface area contributed by atoms with E-state index in [1.165, 1.54) is 0 Å². The Hall–Kier alpha value is -0.200. The summed E-state index contributed by atoms with van der Waals surface area (Å²) in [5.41, 5.74) is 0. The minimum Gasteiger partial charge on any atom is -0.393 e. The molecule has 0 amide bonds. The molecule has 0 saturated heterocycles. The second kappa shape index (κ2) is 9.79. The number of rotatable bonds is 10. The maximum absolute atomic E-state index is 9.66. The molecule has 0 aliphatic rings. The van der Waals surface area contributed by atoms with Crippen LogP contribution >= 0.6 is 0 Å². The van der Waals surface area contributed by atoms with Gasteiger partial charge in [0.1, 0.15) is 0 Å². The Labute approximate surface area is 104 Å². The standard InChI is InChI=1S/C12H27NO4/c1-9(5-10(2)14)13-6-12(15)8-17-11(3)7-16-4/h9-15H,5-8H2,1-4H3. The van der Waals surface area contributed by atoms with Gasteiger partial charge >= 0.3 is 0 Å². The molecule has 4 unspecified atom stereocenters. The highest BCUT2D eigenvalue weighted by Gasteiger charge is 2.10. The summed E-state index contributed by atoms with van der Waals surface area (Å²) in [6.07, 6.45) is -0.198. The van der Waals surface area contributed by atoms with Crippen LogP contribution < -0.4 is 5.32 Å². The molecule has 0 heterocycles. The third kappa shape index (κ3) is 10.7. The zero-order valence-corrected chi connectivity index (χ0v) is 11.3. The zero-order valence-electron chi connectivity index (χ0n) is 11.3. The average molecular weight is 249 g/mol. The predicted molar refractivity (Wildman–Crippen MR) is 67.1 cm³/mol. The number of hydrogen-bond acceptors (Lipinski definition) is 5. The van der Waals surface area contributed by atoms with E-state index < -0.39 is 6.10 Å². The normalized spacial score (nSPS) is 18.7. The van der Waals surface area contributed by atoms with Crippen molar-refractivity contribution in [3.8, 4) is 0 Å². The summed E-state index contributed by atoms with van der Waals surface area (Å²) in [7, 11) is 1.62. The maximum atomic E-state index is 9.66. The van der Waals surface area contributed by atoms with Gasteiger partial charge in [-0.25, -0.2) is 0 Å². The third-order valence-electron chi connectivity index (χ3n) is 2.37. The summed E-state index contributed by atoms with van der Waals surface area (Å²) >= 11 is 0. The number of hydrogen-bond donors (Lipinski definition) is 3. The summed E-state index contributed by atoms with van der Waals surface area (Å²) in [5, 5.41) is 22.0. The van der Waals surface area contributed by atoms with Crippen molar-refractivity contribution in [1.29, 1.82) is 0 Å². The third-order valence-corrected chi connectivity index (χ3v) is 2.37. The molecular weight excluding hydrogens is 222 g/mol. The van der Waals surface area contributed by atoms with Crippen LogP contribution in [0.4, 0.5) is 0 Å². The van der Waals surface area contributed by atoms with Gasteiger partial charge in [-0.2, -0.15) is 0 Å². The smallest absolute Gasteiger partial charge is 0.0897 e. The highest BCUT2D eigenvalue weighted by Crippen LogP contribution is 1.98. The number of aliphatic hydroxyl groups excluding tert-OH is 2. The van der Waals surface area contributed by atoms with Crippen molar-refractivity contribution in [3.63, 3.8) is 0 Å². The fraction of sp³-hybridized carbons (Fsp3) is 1.00. The molecule has 104 valence electrons. The van der Waals surface area contributed by atoms with Crippen molar-refractivity contribution < 1.29 is 19.7 Å². The zero-order chi connectivity index (χ0) is 13.3. The van der Waals surface area contributed by atoms with Gasteiger partial charge in [-0.05, 0) is 27.2 Å². The first-order chi connectivity index (χ1) is 7.95. The monoisotopic (exact) mass is 249 g/mol. The second-order valence-electron chi connectivity index (χ2n) is 4.65. The van der Waals surface area contributed by atoms with E-state index >= 15 is 0 Å².